The first kappa shape index (κ1) is 16.3. The highest BCUT2D eigenvalue weighted by molar-refractivity contribution is 9.10. The van der Waals surface area contributed by atoms with E-state index < -0.39 is 11.9 Å². The SMILES string of the molecule is CC(NC(=O)c1ccc(F)cc1)c1nnnn1-c1cccc(Br)c1. The molecule has 1 aromatic heterocycles. The molecule has 1 heterocycles. The number of halogens is 2. The minimum Gasteiger partial charge on any atom is -0.342 e. The lowest BCUT2D eigenvalue weighted by molar-refractivity contribution is 0.0938. The van der Waals surface area contributed by atoms with Crippen LogP contribution >= 0.6 is 15.9 Å². The molecular formula is C16H13BrFN5O. The third-order valence-electron chi connectivity index (χ3n) is 3.39. The summed E-state index contributed by atoms with van der Waals surface area (Å²) in [7, 11) is 0. The molecule has 0 bridgehead atoms. The summed E-state index contributed by atoms with van der Waals surface area (Å²) in [5.74, 6) is -0.229. The highest BCUT2D eigenvalue weighted by Gasteiger charge is 2.18. The average Bonchev–Trinajstić information content (AvgIpc) is 3.05. The number of nitrogens with one attached hydrogen (secondary N) is 1. The maximum Gasteiger partial charge on any atom is 0.251 e. The van der Waals surface area contributed by atoms with E-state index in [4.69, 9.17) is 0 Å². The van der Waals surface area contributed by atoms with E-state index in [9.17, 15) is 9.18 Å². The van der Waals surface area contributed by atoms with Crippen LogP contribution in [0.5, 0.6) is 0 Å². The van der Waals surface area contributed by atoms with E-state index >= 15 is 0 Å². The van der Waals surface area contributed by atoms with Crippen LogP contribution < -0.4 is 5.32 Å². The average molecular weight is 390 g/mol. The Hall–Kier alpha value is -2.61. The third kappa shape index (κ3) is 3.48. The van der Waals surface area contributed by atoms with Gasteiger partial charge in [0.05, 0.1) is 11.7 Å². The van der Waals surface area contributed by atoms with Crippen LogP contribution in [0.25, 0.3) is 5.69 Å². The molecule has 0 saturated carbocycles. The van der Waals surface area contributed by atoms with Gasteiger partial charge in [-0.1, -0.05) is 22.0 Å². The molecule has 1 unspecified atom stereocenters. The Morgan fingerprint density at radius 1 is 1.25 bits per heavy atom. The van der Waals surface area contributed by atoms with Crippen molar-refractivity contribution >= 4 is 21.8 Å². The van der Waals surface area contributed by atoms with Gasteiger partial charge < -0.3 is 5.32 Å². The molecule has 6 nitrogen and oxygen atoms in total. The van der Waals surface area contributed by atoms with E-state index in [2.05, 4.69) is 36.8 Å². The van der Waals surface area contributed by atoms with Crippen molar-refractivity contribution in [2.75, 3.05) is 0 Å². The first-order valence-corrected chi connectivity index (χ1v) is 7.94. The standard InChI is InChI=1S/C16H13BrFN5O/c1-10(19-16(24)11-5-7-13(18)8-6-11)15-20-21-22-23(15)14-4-2-3-12(17)9-14/h2-10H,1H3,(H,19,24). The van der Waals surface area contributed by atoms with Gasteiger partial charge in [-0.2, -0.15) is 4.68 Å². The molecule has 8 heteroatoms. The highest BCUT2D eigenvalue weighted by Crippen LogP contribution is 2.18. The lowest BCUT2D eigenvalue weighted by Gasteiger charge is -2.14. The molecule has 0 aliphatic heterocycles. The van der Waals surface area contributed by atoms with Gasteiger partial charge in [-0.3, -0.25) is 4.79 Å². The molecule has 3 aromatic rings. The van der Waals surface area contributed by atoms with Crippen molar-refractivity contribution in [1.29, 1.82) is 0 Å². The molecule has 1 N–H and O–H groups in total. The molecule has 2 aromatic carbocycles. The summed E-state index contributed by atoms with van der Waals surface area (Å²) in [5.41, 5.74) is 1.14. The number of rotatable bonds is 4. The molecule has 0 saturated heterocycles. The number of tetrazole rings is 1. The van der Waals surface area contributed by atoms with Crippen molar-refractivity contribution in [2.45, 2.75) is 13.0 Å². The zero-order chi connectivity index (χ0) is 17.1. The monoisotopic (exact) mass is 389 g/mol. The summed E-state index contributed by atoms with van der Waals surface area (Å²) in [6.45, 7) is 1.78. The van der Waals surface area contributed by atoms with Gasteiger partial charge >= 0.3 is 0 Å². The number of benzene rings is 2. The smallest absolute Gasteiger partial charge is 0.251 e. The second-order valence-corrected chi connectivity index (χ2v) is 6.05. The topological polar surface area (TPSA) is 72.7 Å². The Balaban J connectivity index is 1.81. The zero-order valence-electron chi connectivity index (χ0n) is 12.6. The van der Waals surface area contributed by atoms with E-state index in [0.717, 1.165) is 10.2 Å². The number of hydrogen-bond donors (Lipinski definition) is 1. The summed E-state index contributed by atoms with van der Waals surface area (Å²) in [6.07, 6.45) is 0. The summed E-state index contributed by atoms with van der Waals surface area (Å²) >= 11 is 3.40. The molecule has 3 rings (SSSR count). The minimum absolute atomic E-state index is 0.328. The van der Waals surface area contributed by atoms with Crippen LogP contribution in [0.2, 0.25) is 0 Å². The van der Waals surface area contributed by atoms with Crippen molar-refractivity contribution < 1.29 is 9.18 Å². The number of amides is 1. The van der Waals surface area contributed by atoms with E-state index in [1.54, 1.807) is 11.6 Å². The fourth-order valence-corrected chi connectivity index (χ4v) is 2.59. The van der Waals surface area contributed by atoms with Crippen LogP contribution in [-0.4, -0.2) is 26.1 Å². The predicted octanol–water partition coefficient (Wildman–Crippen LogP) is 3.05. The van der Waals surface area contributed by atoms with E-state index in [1.165, 1.54) is 24.3 Å². The van der Waals surface area contributed by atoms with Crippen LogP contribution in [0.1, 0.15) is 29.1 Å². The molecular weight excluding hydrogens is 377 g/mol. The van der Waals surface area contributed by atoms with Gasteiger partial charge in [0.25, 0.3) is 5.91 Å². The van der Waals surface area contributed by atoms with Crippen LogP contribution in [0, 0.1) is 5.82 Å². The number of carbonyl (C=O) groups is 1. The van der Waals surface area contributed by atoms with Crippen molar-refractivity contribution in [3.63, 3.8) is 0 Å². The first-order valence-electron chi connectivity index (χ1n) is 7.15. The fraction of sp³-hybridized carbons (Fsp3) is 0.125. The number of aromatic nitrogens is 4. The Morgan fingerprint density at radius 3 is 2.71 bits per heavy atom. The van der Waals surface area contributed by atoms with Crippen LogP contribution in [0.4, 0.5) is 4.39 Å². The Labute approximate surface area is 145 Å². The van der Waals surface area contributed by atoms with Gasteiger partial charge in [0, 0.05) is 10.0 Å². The maximum atomic E-state index is 12.9. The summed E-state index contributed by atoms with van der Waals surface area (Å²) in [5, 5.41) is 14.5. The Bertz CT molecular complexity index is 865. The second-order valence-electron chi connectivity index (χ2n) is 5.13. The zero-order valence-corrected chi connectivity index (χ0v) is 14.2. The number of carbonyl (C=O) groups excluding carboxylic acids is 1. The molecule has 0 aliphatic rings. The van der Waals surface area contributed by atoms with Crippen LogP contribution in [0.15, 0.2) is 53.0 Å². The van der Waals surface area contributed by atoms with E-state index in [-0.39, 0.29) is 5.91 Å². The lowest BCUT2D eigenvalue weighted by Crippen LogP contribution is -2.28. The quantitative estimate of drug-likeness (QED) is 0.743. The largest absolute Gasteiger partial charge is 0.342 e. The van der Waals surface area contributed by atoms with Crippen molar-refractivity contribution in [3.8, 4) is 5.69 Å². The van der Waals surface area contributed by atoms with Crippen molar-refractivity contribution in [2.24, 2.45) is 0 Å². The Kier molecular flexibility index (Phi) is 4.66. The van der Waals surface area contributed by atoms with Gasteiger partial charge in [-0.15, -0.1) is 5.10 Å². The summed E-state index contributed by atoms with van der Waals surface area (Å²) in [4.78, 5) is 12.2. The summed E-state index contributed by atoms with van der Waals surface area (Å²) in [6, 6.07) is 12.4. The van der Waals surface area contributed by atoms with Crippen molar-refractivity contribution in [3.05, 3.63) is 70.2 Å². The van der Waals surface area contributed by atoms with E-state index in [1.807, 2.05) is 24.3 Å². The predicted molar refractivity (Wildman–Crippen MR) is 89.1 cm³/mol. The summed E-state index contributed by atoms with van der Waals surface area (Å²) < 4.78 is 15.4. The molecule has 24 heavy (non-hydrogen) atoms. The third-order valence-corrected chi connectivity index (χ3v) is 3.88. The molecule has 1 atom stereocenters. The molecule has 0 spiro atoms. The fourth-order valence-electron chi connectivity index (χ4n) is 2.20. The Morgan fingerprint density at radius 2 is 2.00 bits per heavy atom. The first-order chi connectivity index (χ1) is 11.5. The van der Waals surface area contributed by atoms with Gasteiger partial charge in [-0.25, -0.2) is 4.39 Å². The van der Waals surface area contributed by atoms with Crippen LogP contribution in [0.3, 0.4) is 0 Å². The molecule has 122 valence electrons. The molecule has 0 radical (unpaired) electrons. The number of hydrogen-bond acceptors (Lipinski definition) is 4. The normalized spacial score (nSPS) is 12.0. The number of nitrogens with zero attached hydrogens (tertiary/aromatic N) is 4. The van der Waals surface area contributed by atoms with Crippen molar-refractivity contribution in [1.82, 2.24) is 25.5 Å². The minimum atomic E-state index is -0.434. The molecule has 1 amide bonds. The second kappa shape index (κ2) is 6.88. The highest BCUT2D eigenvalue weighted by atomic mass is 79.9. The van der Waals surface area contributed by atoms with Gasteiger partial charge in [0.2, 0.25) is 0 Å². The van der Waals surface area contributed by atoms with Gasteiger partial charge in [0.15, 0.2) is 5.82 Å². The maximum absolute atomic E-state index is 12.9. The van der Waals surface area contributed by atoms with Gasteiger partial charge in [-0.05, 0) is 59.8 Å². The lowest BCUT2D eigenvalue weighted by atomic mass is 10.2. The molecule has 0 fully saturated rings. The van der Waals surface area contributed by atoms with Gasteiger partial charge in [0.1, 0.15) is 5.82 Å². The van der Waals surface area contributed by atoms with E-state index in [0.29, 0.717) is 11.4 Å². The molecule has 0 aliphatic carbocycles. The van der Waals surface area contributed by atoms with Crippen LogP contribution in [-0.2, 0) is 0 Å².